The van der Waals surface area contributed by atoms with Crippen LogP contribution in [0.1, 0.15) is 32.6 Å². The molecule has 2 aromatic heterocycles. The van der Waals surface area contributed by atoms with Gasteiger partial charge in [0.1, 0.15) is 12.1 Å². The van der Waals surface area contributed by atoms with Gasteiger partial charge in [-0.25, -0.2) is 15.0 Å². The lowest BCUT2D eigenvalue weighted by Gasteiger charge is -2.27. The van der Waals surface area contributed by atoms with Crippen molar-refractivity contribution in [1.29, 1.82) is 0 Å². The highest BCUT2D eigenvalue weighted by atomic mass is 32.2. The van der Waals surface area contributed by atoms with Gasteiger partial charge in [-0.3, -0.25) is 0 Å². The minimum atomic E-state index is -5.79. The number of nitrogens with one attached hydrogen (secondary N) is 1. The summed E-state index contributed by atoms with van der Waals surface area (Å²) in [6, 6.07) is 1.27. The van der Waals surface area contributed by atoms with Gasteiger partial charge in [0.05, 0.1) is 11.7 Å². The molecular weight excluding hydrogens is 373 g/mol. The Morgan fingerprint density at radius 1 is 1.15 bits per heavy atom. The summed E-state index contributed by atoms with van der Waals surface area (Å²) >= 11 is 0. The minimum Gasteiger partial charge on any atom is -0.367 e. The molecule has 2 aromatic rings. The number of alkyl halides is 3. The third kappa shape index (κ3) is 3.97. The molecule has 0 saturated heterocycles. The number of hydrogen-bond donors (Lipinski definition) is 1. The van der Waals surface area contributed by atoms with E-state index in [1.165, 1.54) is 6.33 Å². The van der Waals surface area contributed by atoms with Crippen molar-refractivity contribution in [3.05, 3.63) is 18.6 Å². The van der Waals surface area contributed by atoms with Crippen LogP contribution in [0, 0.1) is 5.92 Å². The molecule has 0 spiro atoms. The molecular formula is C15H17F3N4O3S. The second-order valence-electron chi connectivity index (χ2n) is 6.35. The van der Waals surface area contributed by atoms with Gasteiger partial charge in [-0.05, 0) is 31.6 Å². The molecule has 1 aliphatic carbocycles. The molecule has 1 aliphatic rings. The van der Waals surface area contributed by atoms with Crippen LogP contribution in [0.2, 0.25) is 0 Å². The number of halogens is 3. The van der Waals surface area contributed by atoms with Gasteiger partial charge in [0.2, 0.25) is 5.88 Å². The molecule has 7 nitrogen and oxygen atoms in total. The van der Waals surface area contributed by atoms with E-state index in [4.69, 9.17) is 0 Å². The zero-order valence-electron chi connectivity index (χ0n) is 13.8. The molecule has 0 unspecified atom stereocenters. The normalized spacial score (nSPS) is 21.5. The van der Waals surface area contributed by atoms with Crippen molar-refractivity contribution in [2.75, 3.05) is 5.32 Å². The number of fused-ring (bicyclic) bond motifs is 1. The first-order valence-electron chi connectivity index (χ1n) is 8.04. The molecule has 0 atom stereocenters. The number of anilines is 1. The Kier molecular flexibility index (Phi) is 4.91. The van der Waals surface area contributed by atoms with Crippen LogP contribution in [0.5, 0.6) is 5.88 Å². The van der Waals surface area contributed by atoms with Crippen LogP contribution in [-0.4, -0.2) is 34.9 Å². The lowest BCUT2D eigenvalue weighted by atomic mass is 9.87. The van der Waals surface area contributed by atoms with Crippen LogP contribution >= 0.6 is 0 Å². The van der Waals surface area contributed by atoms with E-state index in [1.807, 2.05) is 0 Å². The van der Waals surface area contributed by atoms with Crippen molar-refractivity contribution < 1.29 is 25.8 Å². The fourth-order valence-electron chi connectivity index (χ4n) is 2.86. The standard InChI is InChI=1S/C15H17F3N4O3S/c1-9-2-4-10(5-3-9)22-14-11-6-13(19-7-12(11)20-8-21-14)25-26(23,24)15(16,17)18/h6-10H,2-5H2,1H3,(H,20,21,22). The predicted octanol–water partition coefficient (Wildman–Crippen LogP) is 3.24. The van der Waals surface area contributed by atoms with E-state index in [9.17, 15) is 21.6 Å². The second-order valence-corrected chi connectivity index (χ2v) is 7.88. The zero-order valence-corrected chi connectivity index (χ0v) is 14.6. The van der Waals surface area contributed by atoms with Crippen molar-refractivity contribution in [1.82, 2.24) is 15.0 Å². The van der Waals surface area contributed by atoms with Gasteiger partial charge in [-0.2, -0.15) is 21.6 Å². The van der Waals surface area contributed by atoms with Crippen molar-refractivity contribution in [2.24, 2.45) is 5.92 Å². The fraction of sp³-hybridized carbons (Fsp3) is 0.533. The highest BCUT2D eigenvalue weighted by Crippen LogP contribution is 2.30. The Bertz CT molecular complexity index is 897. The molecule has 1 N–H and O–H groups in total. The number of pyridine rings is 1. The van der Waals surface area contributed by atoms with E-state index in [1.54, 1.807) is 0 Å². The number of hydrogen-bond acceptors (Lipinski definition) is 7. The van der Waals surface area contributed by atoms with Crippen LogP contribution in [-0.2, 0) is 10.1 Å². The van der Waals surface area contributed by atoms with Gasteiger partial charge in [0.25, 0.3) is 0 Å². The van der Waals surface area contributed by atoms with Gasteiger partial charge >= 0.3 is 15.6 Å². The van der Waals surface area contributed by atoms with Crippen LogP contribution in [0.15, 0.2) is 18.6 Å². The lowest BCUT2D eigenvalue weighted by molar-refractivity contribution is -0.0501. The van der Waals surface area contributed by atoms with E-state index < -0.39 is 21.5 Å². The predicted molar refractivity (Wildman–Crippen MR) is 88.0 cm³/mol. The number of rotatable bonds is 4. The maximum Gasteiger partial charge on any atom is 0.534 e. The Morgan fingerprint density at radius 2 is 1.85 bits per heavy atom. The zero-order chi connectivity index (χ0) is 18.9. The third-order valence-corrected chi connectivity index (χ3v) is 5.29. The van der Waals surface area contributed by atoms with Crippen LogP contribution < -0.4 is 9.50 Å². The summed E-state index contributed by atoms with van der Waals surface area (Å²) in [5, 5.41) is 3.60. The number of nitrogens with zero attached hydrogens (tertiary/aromatic N) is 3. The molecule has 26 heavy (non-hydrogen) atoms. The molecule has 0 aliphatic heterocycles. The molecule has 0 bridgehead atoms. The Labute approximate surface area is 148 Å². The minimum absolute atomic E-state index is 0.181. The van der Waals surface area contributed by atoms with Gasteiger partial charge in [-0.15, -0.1) is 0 Å². The van der Waals surface area contributed by atoms with Crippen molar-refractivity contribution >= 4 is 26.8 Å². The summed E-state index contributed by atoms with van der Waals surface area (Å²) < 4.78 is 63.8. The molecule has 0 radical (unpaired) electrons. The molecule has 3 rings (SSSR count). The number of aromatic nitrogens is 3. The summed E-state index contributed by atoms with van der Waals surface area (Å²) in [6.45, 7) is 2.19. The van der Waals surface area contributed by atoms with E-state index in [2.05, 4.69) is 31.4 Å². The Hall–Kier alpha value is -2.17. The van der Waals surface area contributed by atoms with Crippen LogP contribution in [0.4, 0.5) is 19.0 Å². The summed E-state index contributed by atoms with van der Waals surface area (Å²) in [7, 11) is -5.79. The molecule has 11 heteroatoms. The molecule has 2 heterocycles. The molecule has 142 valence electrons. The maximum atomic E-state index is 12.5. The monoisotopic (exact) mass is 390 g/mol. The Morgan fingerprint density at radius 3 is 2.50 bits per heavy atom. The van der Waals surface area contributed by atoms with Gasteiger partial charge in [0.15, 0.2) is 0 Å². The Balaban J connectivity index is 1.88. The van der Waals surface area contributed by atoms with Crippen LogP contribution in [0.25, 0.3) is 10.9 Å². The first-order chi connectivity index (χ1) is 12.2. The van der Waals surface area contributed by atoms with E-state index >= 15 is 0 Å². The average molecular weight is 390 g/mol. The fourth-order valence-corrected chi connectivity index (χ4v) is 3.27. The topological polar surface area (TPSA) is 94.1 Å². The van der Waals surface area contributed by atoms with Gasteiger partial charge in [-0.1, -0.05) is 6.92 Å². The highest BCUT2D eigenvalue weighted by molar-refractivity contribution is 7.87. The quantitative estimate of drug-likeness (QED) is 0.633. The smallest absolute Gasteiger partial charge is 0.367 e. The van der Waals surface area contributed by atoms with Gasteiger partial charge in [0, 0.05) is 17.5 Å². The van der Waals surface area contributed by atoms with Crippen molar-refractivity contribution in [3.63, 3.8) is 0 Å². The summed E-state index contributed by atoms with van der Waals surface area (Å²) in [5.41, 5.74) is -5.17. The highest BCUT2D eigenvalue weighted by Gasteiger charge is 2.48. The maximum absolute atomic E-state index is 12.5. The summed E-state index contributed by atoms with van der Waals surface area (Å²) in [6.07, 6.45) is 6.49. The molecule has 0 aromatic carbocycles. The van der Waals surface area contributed by atoms with E-state index in [-0.39, 0.29) is 6.04 Å². The van der Waals surface area contributed by atoms with E-state index in [0.717, 1.165) is 37.9 Å². The first-order valence-corrected chi connectivity index (χ1v) is 9.44. The van der Waals surface area contributed by atoms with Crippen LogP contribution in [0.3, 0.4) is 0 Å². The summed E-state index contributed by atoms with van der Waals surface area (Å²) in [5.74, 6) is 0.378. The SMILES string of the molecule is CC1CCC(Nc2ncnc3cnc(OS(=O)(=O)C(F)(F)F)cc23)CC1. The van der Waals surface area contributed by atoms with E-state index in [0.29, 0.717) is 22.6 Å². The lowest BCUT2D eigenvalue weighted by Crippen LogP contribution is -2.28. The summed E-state index contributed by atoms with van der Waals surface area (Å²) in [4.78, 5) is 11.7. The third-order valence-electron chi connectivity index (χ3n) is 4.33. The second kappa shape index (κ2) is 6.86. The molecule has 0 amide bonds. The van der Waals surface area contributed by atoms with Crippen molar-refractivity contribution in [2.45, 2.75) is 44.2 Å². The molecule has 1 fully saturated rings. The van der Waals surface area contributed by atoms with Crippen molar-refractivity contribution in [3.8, 4) is 5.88 Å². The molecule has 1 saturated carbocycles. The van der Waals surface area contributed by atoms with Gasteiger partial charge < -0.3 is 9.50 Å². The largest absolute Gasteiger partial charge is 0.534 e. The first kappa shape index (κ1) is 18.6. The average Bonchev–Trinajstić information content (AvgIpc) is 2.56.